The number of hydrogen-bond acceptors (Lipinski definition) is 5. The number of rotatable bonds is 7. The Morgan fingerprint density at radius 3 is 2.54 bits per heavy atom. The van der Waals surface area contributed by atoms with Crippen molar-refractivity contribution in [2.45, 2.75) is 52.5 Å². The first-order chi connectivity index (χ1) is 18.9. The van der Waals surface area contributed by atoms with Gasteiger partial charge in [-0.3, -0.25) is 14.9 Å². The average molecular weight is 539 g/mol. The molecular formula is C30H39FN4O4. The van der Waals surface area contributed by atoms with Crippen LogP contribution in [0, 0.1) is 28.8 Å². The summed E-state index contributed by atoms with van der Waals surface area (Å²) in [6, 6.07) is 11.7. The van der Waals surface area contributed by atoms with E-state index in [4.69, 9.17) is 4.74 Å². The molecule has 0 N–H and O–H groups in total. The molecule has 2 saturated heterocycles. The number of nitro groups is 1. The van der Waals surface area contributed by atoms with Gasteiger partial charge in [0, 0.05) is 74.7 Å². The first kappa shape index (κ1) is 28.5. The zero-order chi connectivity index (χ0) is 28.1. The molecule has 210 valence electrons. The van der Waals surface area contributed by atoms with Crippen LogP contribution >= 0.6 is 0 Å². The summed E-state index contributed by atoms with van der Waals surface area (Å²) in [6.45, 7) is 9.81. The number of hydrogen-bond donors (Lipinski definition) is 0. The molecule has 2 atom stereocenters. The first-order valence-electron chi connectivity index (χ1n) is 13.9. The molecule has 0 spiro atoms. The number of nitro benzene ring substituents is 1. The van der Waals surface area contributed by atoms with Crippen molar-refractivity contribution in [1.82, 2.24) is 9.47 Å². The lowest BCUT2D eigenvalue weighted by Gasteiger charge is -2.35. The van der Waals surface area contributed by atoms with E-state index in [2.05, 4.69) is 16.4 Å². The van der Waals surface area contributed by atoms with E-state index in [-0.39, 0.29) is 29.2 Å². The van der Waals surface area contributed by atoms with Crippen LogP contribution in [0.4, 0.5) is 15.8 Å². The van der Waals surface area contributed by atoms with Gasteiger partial charge in [-0.2, -0.15) is 0 Å². The number of piperidine rings is 1. The van der Waals surface area contributed by atoms with Gasteiger partial charge in [0.15, 0.2) is 0 Å². The van der Waals surface area contributed by atoms with Gasteiger partial charge in [-0.15, -0.1) is 0 Å². The van der Waals surface area contributed by atoms with E-state index in [1.54, 1.807) is 25.3 Å². The normalized spacial score (nSPS) is 19.2. The van der Waals surface area contributed by atoms with Crippen LogP contribution in [0.3, 0.4) is 0 Å². The number of non-ortho nitro benzene ring substituents is 1. The molecule has 0 aliphatic carbocycles. The molecule has 39 heavy (non-hydrogen) atoms. The van der Waals surface area contributed by atoms with Crippen molar-refractivity contribution in [2.24, 2.45) is 5.92 Å². The lowest BCUT2D eigenvalue weighted by Crippen LogP contribution is -2.43. The number of aryl methyl sites for hydroxylation is 1. The highest BCUT2D eigenvalue weighted by molar-refractivity contribution is 5.86. The number of amides is 1. The van der Waals surface area contributed by atoms with Crippen molar-refractivity contribution in [3.05, 3.63) is 69.7 Å². The van der Waals surface area contributed by atoms with Crippen molar-refractivity contribution in [3.8, 4) is 0 Å². The minimum atomic E-state index is -0.405. The standard InChI is InChI=1S/C28H33FN4O4.C2H6/c1-19-24-6-3-7-25(29)27(24)32(15-16-37-2)26(19)20-5-4-13-31(17-20)28(34)21-12-14-30(18-21)22-8-10-23(11-9-22)33(35)36;1-2/h3,6-11,20-21H,4-5,12-18H2,1-2H3;1-2H3/t20?,21-;/m0./s1. The van der Waals surface area contributed by atoms with Crippen LogP contribution in [0.1, 0.15) is 50.3 Å². The van der Waals surface area contributed by atoms with Crippen LogP contribution in [0.25, 0.3) is 10.9 Å². The minimum Gasteiger partial charge on any atom is -0.383 e. The van der Waals surface area contributed by atoms with Crippen molar-refractivity contribution in [3.63, 3.8) is 0 Å². The Morgan fingerprint density at radius 2 is 1.85 bits per heavy atom. The van der Waals surface area contributed by atoms with E-state index in [0.29, 0.717) is 31.8 Å². The molecular weight excluding hydrogens is 499 g/mol. The van der Waals surface area contributed by atoms with Crippen LogP contribution < -0.4 is 4.90 Å². The molecule has 2 fully saturated rings. The highest BCUT2D eigenvalue weighted by Gasteiger charge is 2.35. The molecule has 0 saturated carbocycles. The lowest BCUT2D eigenvalue weighted by molar-refractivity contribution is -0.384. The Bertz CT molecular complexity index is 1310. The summed E-state index contributed by atoms with van der Waals surface area (Å²) < 4.78 is 22.3. The molecule has 3 heterocycles. The fourth-order valence-electron chi connectivity index (χ4n) is 6.13. The summed E-state index contributed by atoms with van der Waals surface area (Å²) in [5, 5.41) is 11.9. The highest BCUT2D eigenvalue weighted by Crippen LogP contribution is 2.37. The largest absolute Gasteiger partial charge is 0.383 e. The van der Waals surface area contributed by atoms with Crippen molar-refractivity contribution < 1.29 is 18.8 Å². The lowest BCUT2D eigenvalue weighted by atomic mass is 9.91. The second-order valence-corrected chi connectivity index (χ2v) is 10.1. The topological polar surface area (TPSA) is 80.8 Å². The molecule has 3 aromatic rings. The quantitative estimate of drug-likeness (QED) is 0.276. The molecule has 0 radical (unpaired) electrons. The molecule has 2 aliphatic heterocycles. The number of benzene rings is 2. The van der Waals surface area contributed by atoms with E-state index in [1.165, 1.54) is 18.2 Å². The second kappa shape index (κ2) is 12.6. The number of nitrogens with zero attached hydrogens (tertiary/aromatic N) is 4. The molecule has 1 unspecified atom stereocenters. The molecule has 1 amide bonds. The predicted octanol–water partition coefficient (Wildman–Crippen LogP) is 5.90. The van der Waals surface area contributed by atoms with Gasteiger partial charge in [0.2, 0.25) is 5.91 Å². The van der Waals surface area contributed by atoms with Crippen LogP contribution in [-0.2, 0) is 16.1 Å². The molecule has 5 rings (SSSR count). The highest BCUT2D eigenvalue weighted by atomic mass is 19.1. The smallest absolute Gasteiger partial charge is 0.269 e. The van der Waals surface area contributed by atoms with Crippen LogP contribution in [0.2, 0.25) is 0 Å². The summed E-state index contributed by atoms with van der Waals surface area (Å²) in [6.07, 6.45) is 2.62. The Balaban J connectivity index is 0.00000172. The maximum absolute atomic E-state index is 14.9. The van der Waals surface area contributed by atoms with Gasteiger partial charge in [-0.25, -0.2) is 4.39 Å². The van der Waals surface area contributed by atoms with E-state index < -0.39 is 4.92 Å². The van der Waals surface area contributed by atoms with Gasteiger partial charge in [-0.1, -0.05) is 26.0 Å². The van der Waals surface area contributed by atoms with Gasteiger partial charge >= 0.3 is 0 Å². The Kier molecular flexibility index (Phi) is 9.22. The average Bonchev–Trinajstić information content (AvgIpc) is 3.57. The molecule has 0 bridgehead atoms. The SMILES string of the molecule is CC.COCCn1c(C2CCCN(C(=O)[C@H]3CCN(c4ccc([N+](=O)[O-])cc4)C3)C2)c(C)c2cccc(F)c21. The number of carbonyl (C=O) groups excluding carboxylic acids is 1. The summed E-state index contributed by atoms with van der Waals surface area (Å²) in [4.78, 5) is 28.3. The van der Waals surface area contributed by atoms with Gasteiger partial charge < -0.3 is 19.1 Å². The third-order valence-corrected chi connectivity index (χ3v) is 7.94. The Hall–Kier alpha value is -3.46. The summed E-state index contributed by atoms with van der Waals surface area (Å²) >= 11 is 0. The fourth-order valence-corrected chi connectivity index (χ4v) is 6.13. The van der Waals surface area contributed by atoms with E-state index >= 15 is 0 Å². The molecule has 2 aliphatic rings. The summed E-state index contributed by atoms with van der Waals surface area (Å²) in [7, 11) is 1.65. The second-order valence-electron chi connectivity index (χ2n) is 10.1. The molecule has 8 nitrogen and oxygen atoms in total. The number of likely N-dealkylation sites (tertiary alicyclic amines) is 1. The predicted molar refractivity (Wildman–Crippen MR) is 152 cm³/mol. The van der Waals surface area contributed by atoms with Gasteiger partial charge in [0.25, 0.3) is 5.69 Å². The zero-order valence-corrected chi connectivity index (χ0v) is 23.4. The number of para-hydroxylation sites is 1. The van der Waals surface area contributed by atoms with Gasteiger partial charge in [0.05, 0.1) is 23.0 Å². The van der Waals surface area contributed by atoms with E-state index in [9.17, 15) is 19.3 Å². The monoisotopic (exact) mass is 538 g/mol. The fraction of sp³-hybridized carbons (Fsp3) is 0.500. The van der Waals surface area contributed by atoms with E-state index in [1.807, 2.05) is 24.8 Å². The van der Waals surface area contributed by atoms with Crippen LogP contribution in [0.5, 0.6) is 0 Å². The zero-order valence-electron chi connectivity index (χ0n) is 23.4. The molecule has 9 heteroatoms. The van der Waals surface area contributed by atoms with E-state index in [0.717, 1.165) is 54.7 Å². The summed E-state index contributed by atoms with van der Waals surface area (Å²) in [5.41, 5.74) is 3.76. The first-order valence-corrected chi connectivity index (χ1v) is 13.9. The third-order valence-electron chi connectivity index (χ3n) is 7.94. The maximum atomic E-state index is 14.9. The Labute approximate surface area is 229 Å². The van der Waals surface area contributed by atoms with Crippen molar-refractivity contribution in [1.29, 1.82) is 0 Å². The third kappa shape index (κ3) is 5.78. The van der Waals surface area contributed by atoms with Crippen LogP contribution in [0.15, 0.2) is 42.5 Å². The van der Waals surface area contributed by atoms with Crippen molar-refractivity contribution in [2.75, 3.05) is 44.8 Å². The molecule has 1 aromatic heterocycles. The summed E-state index contributed by atoms with van der Waals surface area (Å²) in [5.74, 6) is -0.0400. The number of carbonyl (C=O) groups is 1. The van der Waals surface area contributed by atoms with Gasteiger partial charge in [-0.05, 0) is 49.9 Å². The number of fused-ring (bicyclic) bond motifs is 1. The van der Waals surface area contributed by atoms with Crippen molar-refractivity contribution >= 4 is 28.2 Å². The maximum Gasteiger partial charge on any atom is 0.269 e. The molecule has 2 aromatic carbocycles. The van der Waals surface area contributed by atoms with Crippen LogP contribution in [-0.4, -0.2) is 60.2 Å². The number of ether oxygens (including phenoxy) is 1. The number of halogens is 1. The Morgan fingerprint density at radius 1 is 1.10 bits per heavy atom. The minimum absolute atomic E-state index is 0.0630. The number of aromatic nitrogens is 1. The van der Waals surface area contributed by atoms with Gasteiger partial charge in [0.1, 0.15) is 5.82 Å². The number of anilines is 1. The number of methoxy groups -OCH3 is 1.